The van der Waals surface area contributed by atoms with Crippen LogP contribution in [0.5, 0.6) is 0 Å². The minimum absolute atomic E-state index is 0.320. The van der Waals surface area contributed by atoms with Gasteiger partial charge in [-0.15, -0.1) is 0 Å². The first-order chi connectivity index (χ1) is 9.50. The van der Waals surface area contributed by atoms with E-state index < -0.39 is 0 Å². The predicted octanol–water partition coefficient (Wildman–Crippen LogP) is 4.17. The minimum Gasteiger partial charge on any atom is -0.371 e. The van der Waals surface area contributed by atoms with E-state index in [-0.39, 0.29) is 0 Å². The number of rotatable bonds is 9. The maximum absolute atomic E-state index is 3.63. The van der Waals surface area contributed by atoms with E-state index in [0.717, 1.165) is 26.2 Å². The van der Waals surface area contributed by atoms with Crippen LogP contribution in [0.1, 0.15) is 41.0 Å². The van der Waals surface area contributed by atoms with Crippen LogP contribution in [0.2, 0.25) is 0 Å². The zero-order valence-corrected chi connectivity index (χ0v) is 13.9. The lowest BCUT2D eigenvalue weighted by Gasteiger charge is -2.36. The standard InChI is InChI=1S/C18H32N2/c1-6-18(5,14-19-13-16(3)4)15-20(7-2)17-11-9-8-10-12-17/h8-12,16,19H,6-7,13-15H2,1-5H3. The molecular weight excluding hydrogens is 244 g/mol. The Morgan fingerprint density at radius 1 is 1.15 bits per heavy atom. The molecule has 114 valence electrons. The lowest BCUT2D eigenvalue weighted by atomic mass is 9.86. The monoisotopic (exact) mass is 276 g/mol. The van der Waals surface area contributed by atoms with Crippen molar-refractivity contribution in [2.45, 2.75) is 41.0 Å². The maximum Gasteiger partial charge on any atom is 0.0366 e. The largest absolute Gasteiger partial charge is 0.371 e. The second-order valence-electron chi connectivity index (χ2n) is 6.54. The molecule has 0 saturated carbocycles. The van der Waals surface area contributed by atoms with Crippen LogP contribution >= 0.6 is 0 Å². The van der Waals surface area contributed by atoms with Gasteiger partial charge in [0.15, 0.2) is 0 Å². The molecule has 0 aliphatic heterocycles. The van der Waals surface area contributed by atoms with Crippen molar-refractivity contribution < 1.29 is 0 Å². The van der Waals surface area contributed by atoms with Crippen LogP contribution in [0.15, 0.2) is 30.3 Å². The average Bonchev–Trinajstić information content (AvgIpc) is 2.45. The number of nitrogens with zero attached hydrogens (tertiary/aromatic N) is 1. The highest BCUT2D eigenvalue weighted by atomic mass is 15.1. The Balaban J connectivity index is 2.64. The Morgan fingerprint density at radius 2 is 1.80 bits per heavy atom. The molecule has 2 nitrogen and oxygen atoms in total. The third-order valence-electron chi connectivity index (χ3n) is 4.03. The van der Waals surface area contributed by atoms with Crippen LogP contribution in [0.3, 0.4) is 0 Å². The molecule has 0 aromatic heterocycles. The molecule has 0 heterocycles. The van der Waals surface area contributed by atoms with Crippen LogP contribution in [-0.2, 0) is 0 Å². The van der Waals surface area contributed by atoms with E-state index in [1.165, 1.54) is 12.1 Å². The summed E-state index contributed by atoms with van der Waals surface area (Å²) in [5, 5.41) is 3.63. The molecule has 1 unspecified atom stereocenters. The van der Waals surface area contributed by atoms with Crippen molar-refractivity contribution in [2.24, 2.45) is 11.3 Å². The SMILES string of the molecule is CCN(CC(C)(CC)CNCC(C)C)c1ccccc1. The zero-order chi connectivity index (χ0) is 15.0. The van der Waals surface area contributed by atoms with Gasteiger partial charge in [0.1, 0.15) is 0 Å². The molecule has 0 radical (unpaired) electrons. The topological polar surface area (TPSA) is 15.3 Å². The van der Waals surface area contributed by atoms with Gasteiger partial charge in [-0.3, -0.25) is 0 Å². The minimum atomic E-state index is 0.320. The quantitative estimate of drug-likeness (QED) is 0.728. The molecule has 0 bridgehead atoms. The van der Waals surface area contributed by atoms with E-state index in [0.29, 0.717) is 11.3 Å². The highest BCUT2D eigenvalue weighted by Gasteiger charge is 2.24. The van der Waals surface area contributed by atoms with E-state index >= 15 is 0 Å². The number of hydrogen-bond acceptors (Lipinski definition) is 2. The molecule has 0 spiro atoms. The van der Waals surface area contributed by atoms with Crippen molar-refractivity contribution in [3.63, 3.8) is 0 Å². The van der Waals surface area contributed by atoms with E-state index in [2.05, 4.69) is 75.2 Å². The summed E-state index contributed by atoms with van der Waals surface area (Å²) in [6.45, 7) is 15.8. The van der Waals surface area contributed by atoms with Gasteiger partial charge in [0, 0.05) is 25.3 Å². The van der Waals surface area contributed by atoms with Crippen molar-refractivity contribution in [3.05, 3.63) is 30.3 Å². The number of hydrogen-bond donors (Lipinski definition) is 1. The van der Waals surface area contributed by atoms with Gasteiger partial charge in [-0.25, -0.2) is 0 Å². The first-order valence-corrected chi connectivity index (χ1v) is 8.01. The molecule has 20 heavy (non-hydrogen) atoms. The highest BCUT2D eigenvalue weighted by Crippen LogP contribution is 2.25. The fourth-order valence-electron chi connectivity index (χ4n) is 2.44. The first-order valence-electron chi connectivity index (χ1n) is 8.01. The molecule has 0 aliphatic carbocycles. The van der Waals surface area contributed by atoms with E-state index in [9.17, 15) is 0 Å². The van der Waals surface area contributed by atoms with Gasteiger partial charge in [-0.05, 0) is 43.4 Å². The number of benzene rings is 1. The van der Waals surface area contributed by atoms with Gasteiger partial charge in [0.25, 0.3) is 0 Å². The van der Waals surface area contributed by atoms with E-state index in [1.807, 2.05) is 0 Å². The molecule has 1 aromatic carbocycles. The summed E-state index contributed by atoms with van der Waals surface area (Å²) in [5.41, 5.74) is 1.65. The number of nitrogens with one attached hydrogen (secondary N) is 1. The number of anilines is 1. The smallest absolute Gasteiger partial charge is 0.0366 e. The normalized spacial score (nSPS) is 14.3. The second-order valence-corrected chi connectivity index (χ2v) is 6.54. The second kappa shape index (κ2) is 8.31. The summed E-state index contributed by atoms with van der Waals surface area (Å²) in [7, 11) is 0. The van der Waals surface area contributed by atoms with E-state index in [1.54, 1.807) is 0 Å². The molecule has 1 atom stereocenters. The van der Waals surface area contributed by atoms with Crippen molar-refractivity contribution in [2.75, 3.05) is 31.1 Å². The van der Waals surface area contributed by atoms with Crippen LogP contribution < -0.4 is 10.2 Å². The summed E-state index contributed by atoms with van der Waals surface area (Å²) >= 11 is 0. The Kier molecular flexibility index (Phi) is 7.08. The Hall–Kier alpha value is -1.02. The molecule has 0 amide bonds. The number of para-hydroxylation sites is 1. The van der Waals surface area contributed by atoms with E-state index in [4.69, 9.17) is 0 Å². The molecular formula is C18H32N2. The fourth-order valence-corrected chi connectivity index (χ4v) is 2.44. The summed E-state index contributed by atoms with van der Waals surface area (Å²) in [6, 6.07) is 10.7. The Labute approximate surface area is 125 Å². The summed E-state index contributed by atoms with van der Waals surface area (Å²) in [4.78, 5) is 2.49. The van der Waals surface area contributed by atoms with Gasteiger partial charge in [-0.1, -0.05) is 45.9 Å². The summed E-state index contributed by atoms with van der Waals surface area (Å²) in [5.74, 6) is 0.715. The zero-order valence-electron chi connectivity index (χ0n) is 13.9. The molecule has 0 saturated heterocycles. The molecule has 1 aromatic rings. The van der Waals surface area contributed by atoms with Gasteiger partial charge in [0.05, 0.1) is 0 Å². The van der Waals surface area contributed by atoms with Gasteiger partial charge in [-0.2, -0.15) is 0 Å². The van der Waals surface area contributed by atoms with Crippen molar-refractivity contribution in [1.82, 2.24) is 5.32 Å². The van der Waals surface area contributed by atoms with Gasteiger partial charge in [0.2, 0.25) is 0 Å². The van der Waals surface area contributed by atoms with Crippen LogP contribution in [0, 0.1) is 11.3 Å². The highest BCUT2D eigenvalue weighted by molar-refractivity contribution is 5.46. The van der Waals surface area contributed by atoms with Crippen molar-refractivity contribution >= 4 is 5.69 Å². The Bertz CT molecular complexity index is 361. The van der Waals surface area contributed by atoms with Crippen molar-refractivity contribution in [1.29, 1.82) is 0 Å². The third-order valence-corrected chi connectivity index (χ3v) is 4.03. The van der Waals surface area contributed by atoms with Crippen LogP contribution in [0.4, 0.5) is 5.69 Å². The van der Waals surface area contributed by atoms with Gasteiger partial charge >= 0.3 is 0 Å². The van der Waals surface area contributed by atoms with Crippen molar-refractivity contribution in [3.8, 4) is 0 Å². The molecule has 1 rings (SSSR count). The van der Waals surface area contributed by atoms with Gasteiger partial charge < -0.3 is 10.2 Å². The lowest BCUT2D eigenvalue weighted by molar-refractivity contribution is 0.291. The molecule has 0 fully saturated rings. The summed E-state index contributed by atoms with van der Waals surface area (Å²) in [6.07, 6.45) is 1.20. The third kappa shape index (κ3) is 5.54. The molecule has 1 N–H and O–H groups in total. The summed E-state index contributed by atoms with van der Waals surface area (Å²) < 4.78 is 0. The predicted molar refractivity (Wildman–Crippen MR) is 90.4 cm³/mol. The first kappa shape index (κ1) is 17.0. The molecule has 0 aliphatic rings. The van der Waals surface area contributed by atoms with Crippen LogP contribution in [0.25, 0.3) is 0 Å². The average molecular weight is 276 g/mol. The maximum atomic E-state index is 3.63. The fraction of sp³-hybridized carbons (Fsp3) is 0.667. The van der Waals surface area contributed by atoms with Crippen LogP contribution in [-0.4, -0.2) is 26.2 Å². The lowest BCUT2D eigenvalue weighted by Crippen LogP contribution is -2.43. The molecule has 2 heteroatoms. The Morgan fingerprint density at radius 3 is 2.30 bits per heavy atom.